The molecule has 0 aromatic carbocycles. The zero-order valence-corrected chi connectivity index (χ0v) is 8.28. The van der Waals surface area contributed by atoms with Crippen molar-refractivity contribution in [3.63, 3.8) is 0 Å². The van der Waals surface area contributed by atoms with Gasteiger partial charge in [0.2, 0.25) is 0 Å². The number of halogens is 3. The van der Waals surface area contributed by atoms with Gasteiger partial charge in [-0.3, -0.25) is 4.79 Å². The Morgan fingerprint density at radius 3 is 2.67 bits per heavy atom. The van der Waals surface area contributed by atoms with E-state index in [1.54, 1.807) is 0 Å². The van der Waals surface area contributed by atoms with E-state index in [2.05, 4.69) is 6.58 Å². The summed E-state index contributed by atoms with van der Waals surface area (Å²) >= 11 is 0. The van der Waals surface area contributed by atoms with Gasteiger partial charge < -0.3 is 10.1 Å². The molecule has 86 valence electrons. The summed E-state index contributed by atoms with van der Waals surface area (Å²) in [6.45, 7) is 4.29. The van der Waals surface area contributed by atoms with E-state index >= 15 is 0 Å². The van der Waals surface area contributed by atoms with Gasteiger partial charge in [0.05, 0.1) is 6.61 Å². The second-order valence-electron chi connectivity index (χ2n) is 3.66. The van der Waals surface area contributed by atoms with Gasteiger partial charge in [-0.2, -0.15) is 13.2 Å². The van der Waals surface area contributed by atoms with E-state index in [0.717, 1.165) is 6.92 Å². The standard InChI is InChI=1S/C9H12F3NO2/c1-6-7(14)13-8(2,9(10,11)12)4-3-5-15-6/h1,3-5H2,2H3,(H,13,14). The van der Waals surface area contributed by atoms with Crippen molar-refractivity contribution in [1.29, 1.82) is 0 Å². The SMILES string of the molecule is C=C1OCCCC(C)(C(F)(F)F)NC1=O. The summed E-state index contributed by atoms with van der Waals surface area (Å²) in [5.74, 6) is -1.18. The number of hydrogen-bond acceptors (Lipinski definition) is 2. The van der Waals surface area contributed by atoms with Crippen LogP contribution in [0.15, 0.2) is 12.3 Å². The van der Waals surface area contributed by atoms with Gasteiger partial charge in [-0.1, -0.05) is 6.58 Å². The predicted molar refractivity (Wildman–Crippen MR) is 46.9 cm³/mol. The van der Waals surface area contributed by atoms with Crippen LogP contribution in [0.1, 0.15) is 19.8 Å². The first kappa shape index (κ1) is 11.9. The first-order chi connectivity index (χ1) is 6.76. The van der Waals surface area contributed by atoms with Crippen molar-refractivity contribution in [1.82, 2.24) is 5.32 Å². The summed E-state index contributed by atoms with van der Waals surface area (Å²) < 4.78 is 42.8. The summed E-state index contributed by atoms with van der Waals surface area (Å²) in [4.78, 5) is 11.2. The number of nitrogens with one attached hydrogen (secondary N) is 1. The molecule has 1 fully saturated rings. The van der Waals surface area contributed by atoms with Crippen LogP contribution in [0.3, 0.4) is 0 Å². The fourth-order valence-electron chi connectivity index (χ4n) is 1.28. The van der Waals surface area contributed by atoms with E-state index in [9.17, 15) is 18.0 Å². The number of ether oxygens (including phenoxy) is 1. The number of carbonyl (C=O) groups excluding carboxylic acids is 1. The number of amides is 1. The van der Waals surface area contributed by atoms with Crippen molar-refractivity contribution in [2.75, 3.05) is 6.61 Å². The summed E-state index contributed by atoms with van der Waals surface area (Å²) in [7, 11) is 0. The van der Waals surface area contributed by atoms with Crippen LogP contribution < -0.4 is 5.32 Å². The van der Waals surface area contributed by atoms with Crippen LogP contribution >= 0.6 is 0 Å². The minimum absolute atomic E-state index is 0.0813. The molecule has 0 radical (unpaired) electrons. The van der Waals surface area contributed by atoms with Crippen LogP contribution in [0.5, 0.6) is 0 Å². The maximum absolute atomic E-state index is 12.7. The molecule has 1 rings (SSSR count). The number of alkyl halides is 3. The molecule has 6 heteroatoms. The molecule has 15 heavy (non-hydrogen) atoms. The molecular weight excluding hydrogens is 211 g/mol. The van der Waals surface area contributed by atoms with Crippen LogP contribution in [0.4, 0.5) is 13.2 Å². The first-order valence-electron chi connectivity index (χ1n) is 4.47. The highest BCUT2D eigenvalue weighted by Crippen LogP contribution is 2.34. The third-order valence-corrected chi connectivity index (χ3v) is 2.37. The molecule has 1 atom stereocenters. The molecule has 1 unspecified atom stereocenters. The molecule has 1 aliphatic heterocycles. The summed E-state index contributed by atoms with van der Waals surface area (Å²) in [6, 6.07) is 0. The Labute approximate surface area is 85.3 Å². The highest BCUT2D eigenvalue weighted by atomic mass is 19.4. The highest BCUT2D eigenvalue weighted by Gasteiger charge is 2.52. The van der Waals surface area contributed by atoms with Crippen molar-refractivity contribution in [3.05, 3.63) is 12.3 Å². The van der Waals surface area contributed by atoms with Gasteiger partial charge in [0.25, 0.3) is 5.91 Å². The fraction of sp³-hybridized carbons (Fsp3) is 0.667. The Kier molecular flexibility index (Phi) is 2.97. The van der Waals surface area contributed by atoms with E-state index in [4.69, 9.17) is 4.74 Å². The van der Waals surface area contributed by atoms with Crippen molar-refractivity contribution in [3.8, 4) is 0 Å². The molecule has 1 aliphatic rings. The van der Waals surface area contributed by atoms with E-state index in [1.165, 1.54) is 0 Å². The van der Waals surface area contributed by atoms with E-state index in [0.29, 0.717) is 0 Å². The van der Waals surface area contributed by atoms with Crippen molar-refractivity contribution < 1.29 is 22.7 Å². The minimum Gasteiger partial charge on any atom is -0.488 e. The second-order valence-corrected chi connectivity index (χ2v) is 3.66. The van der Waals surface area contributed by atoms with E-state index in [-0.39, 0.29) is 25.2 Å². The average molecular weight is 223 g/mol. The molecule has 0 spiro atoms. The zero-order valence-electron chi connectivity index (χ0n) is 8.28. The van der Waals surface area contributed by atoms with Crippen molar-refractivity contribution in [2.45, 2.75) is 31.5 Å². The van der Waals surface area contributed by atoms with Gasteiger partial charge in [0.1, 0.15) is 5.54 Å². The lowest BCUT2D eigenvalue weighted by Gasteiger charge is -2.34. The van der Waals surface area contributed by atoms with Crippen molar-refractivity contribution >= 4 is 5.91 Å². The maximum atomic E-state index is 12.7. The van der Waals surface area contributed by atoms with Crippen molar-refractivity contribution in [2.24, 2.45) is 0 Å². The molecule has 1 N–H and O–H groups in total. The molecule has 0 aliphatic carbocycles. The third kappa shape index (κ3) is 2.43. The predicted octanol–water partition coefficient (Wildman–Crippen LogP) is 1.75. The molecule has 3 nitrogen and oxygen atoms in total. The quantitative estimate of drug-likeness (QED) is 0.635. The molecule has 0 aromatic heterocycles. The molecule has 0 aromatic rings. The largest absolute Gasteiger partial charge is 0.488 e. The maximum Gasteiger partial charge on any atom is 0.411 e. The molecule has 1 amide bonds. The van der Waals surface area contributed by atoms with Gasteiger partial charge in [0.15, 0.2) is 5.76 Å². The van der Waals surface area contributed by atoms with Gasteiger partial charge in [0, 0.05) is 0 Å². The third-order valence-electron chi connectivity index (χ3n) is 2.37. The molecule has 1 heterocycles. The fourth-order valence-corrected chi connectivity index (χ4v) is 1.28. The average Bonchev–Trinajstić information content (AvgIpc) is 2.08. The Hall–Kier alpha value is -1.20. The Balaban J connectivity index is 2.89. The Morgan fingerprint density at radius 1 is 1.53 bits per heavy atom. The molecule has 0 bridgehead atoms. The Morgan fingerprint density at radius 2 is 2.13 bits per heavy atom. The van der Waals surface area contributed by atoms with Crippen LogP contribution in [0.2, 0.25) is 0 Å². The molecule has 1 saturated heterocycles. The van der Waals surface area contributed by atoms with E-state index < -0.39 is 17.6 Å². The summed E-state index contributed by atoms with van der Waals surface area (Å²) in [5.41, 5.74) is -2.20. The summed E-state index contributed by atoms with van der Waals surface area (Å²) in [6.07, 6.45) is -4.45. The number of hydrogen-bond donors (Lipinski definition) is 1. The number of rotatable bonds is 0. The van der Waals surface area contributed by atoms with Crippen LogP contribution in [-0.2, 0) is 9.53 Å². The van der Waals surface area contributed by atoms with Gasteiger partial charge in [-0.05, 0) is 19.8 Å². The topological polar surface area (TPSA) is 38.3 Å². The lowest BCUT2D eigenvalue weighted by Crippen LogP contribution is -2.57. The summed E-state index contributed by atoms with van der Waals surface area (Å²) in [5, 5.41) is 1.90. The van der Waals surface area contributed by atoms with Gasteiger partial charge >= 0.3 is 6.18 Å². The smallest absolute Gasteiger partial charge is 0.411 e. The van der Waals surface area contributed by atoms with E-state index in [1.807, 2.05) is 5.32 Å². The van der Waals surface area contributed by atoms with Gasteiger partial charge in [-0.15, -0.1) is 0 Å². The Bertz CT molecular complexity index is 288. The lowest BCUT2D eigenvalue weighted by molar-refractivity contribution is -0.197. The lowest BCUT2D eigenvalue weighted by atomic mass is 9.94. The highest BCUT2D eigenvalue weighted by molar-refractivity contribution is 5.91. The minimum atomic E-state index is -4.47. The second kappa shape index (κ2) is 3.75. The van der Waals surface area contributed by atoms with Crippen LogP contribution in [0, 0.1) is 0 Å². The molecular formula is C9H12F3NO2. The van der Waals surface area contributed by atoms with Crippen LogP contribution in [-0.4, -0.2) is 24.2 Å². The monoisotopic (exact) mass is 223 g/mol. The van der Waals surface area contributed by atoms with Crippen LogP contribution in [0.25, 0.3) is 0 Å². The normalized spacial score (nSPS) is 28.8. The number of carbonyl (C=O) groups is 1. The van der Waals surface area contributed by atoms with Gasteiger partial charge in [-0.25, -0.2) is 0 Å². The first-order valence-corrected chi connectivity index (χ1v) is 4.47. The molecule has 0 saturated carbocycles. The zero-order chi connectivity index (χ0) is 11.7.